The fourth-order valence-electron chi connectivity index (χ4n) is 2.09. The van der Waals surface area contributed by atoms with E-state index < -0.39 is 0 Å². The van der Waals surface area contributed by atoms with Crippen molar-refractivity contribution in [1.82, 2.24) is 5.43 Å². The molecule has 0 saturated heterocycles. The third-order valence-corrected chi connectivity index (χ3v) is 3.31. The highest BCUT2D eigenvalue weighted by Crippen LogP contribution is 2.27. The monoisotopic (exact) mass is 352 g/mol. The molecule has 2 rings (SSSR count). The van der Waals surface area contributed by atoms with E-state index in [2.05, 4.69) is 16.4 Å². The Morgan fingerprint density at radius 2 is 1.96 bits per heavy atom. The zero-order valence-corrected chi connectivity index (χ0v) is 14.7. The fraction of sp³-hybridized carbons (Fsp3) is 0.200. The normalized spacial score (nSPS) is 10.2. The Morgan fingerprint density at radius 3 is 2.62 bits per heavy atom. The molecule has 0 aromatic heterocycles. The molecule has 0 bridgehead atoms. The first-order valence-corrected chi connectivity index (χ1v) is 7.98. The average Bonchev–Trinajstić information content (AvgIpc) is 2.67. The van der Waals surface area contributed by atoms with E-state index in [1.807, 2.05) is 6.92 Å². The minimum atomic E-state index is -0.350. The van der Waals surface area contributed by atoms with Gasteiger partial charge in [-0.3, -0.25) is 4.79 Å². The summed E-state index contributed by atoms with van der Waals surface area (Å²) < 4.78 is 15.9. The number of methoxy groups -OCH3 is 1. The maximum Gasteiger partial charge on any atom is 0.271 e. The largest absolute Gasteiger partial charge is 0.493 e. The van der Waals surface area contributed by atoms with E-state index in [-0.39, 0.29) is 12.5 Å². The summed E-state index contributed by atoms with van der Waals surface area (Å²) in [6.07, 6.45) is 6.67. The predicted molar refractivity (Wildman–Crippen MR) is 100.0 cm³/mol. The number of nitrogens with zero attached hydrogens (tertiary/aromatic N) is 1. The van der Waals surface area contributed by atoms with Gasteiger partial charge in [0.15, 0.2) is 11.5 Å². The number of carbonyl (C=O) groups is 1. The van der Waals surface area contributed by atoms with Gasteiger partial charge in [0, 0.05) is 5.56 Å². The van der Waals surface area contributed by atoms with Gasteiger partial charge in [0.25, 0.3) is 5.91 Å². The Bertz CT molecular complexity index is 808. The van der Waals surface area contributed by atoms with Gasteiger partial charge in [0.2, 0.25) is 0 Å². The predicted octanol–water partition coefficient (Wildman–Crippen LogP) is 2.87. The third-order valence-electron chi connectivity index (χ3n) is 3.31. The summed E-state index contributed by atoms with van der Waals surface area (Å²) in [5.74, 6) is 3.80. The van der Waals surface area contributed by atoms with Crippen LogP contribution in [-0.2, 0) is 0 Å². The van der Waals surface area contributed by atoms with Crippen LogP contribution in [0.2, 0.25) is 0 Å². The van der Waals surface area contributed by atoms with Crippen LogP contribution in [0.25, 0.3) is 0 Å². The van der Waals surface area contributed by atoms with Crippen molar-refractivity contribution in [1.29, 1.82) is 0 Å². The summed E-state index contributed by atoms with van der Waals surface area (Å²) in [6, 6.07) is 12.1. The van der Waals surface area contributed by atoms with Crippen molar-refractivity contribution in [2.75, 3.05) is 20.3 Å². The third kappa shape index (κ3) is 5.28. The van der Waals surface area contributed by atoms with Gasteiger partial charge in [-0.1, -0.05) is 5.92 Å². The molecule has 26 heavy (non-hydrogen) atoms. The Hall–Kier alpha value is -3.46. The summed E-state index contributed by atoms with van der Waals surface area (Å²) >= 11 is 0. The number of hydrazone groups is 1. The first-order chi connectivity index (χ1) is 12.7. The van der Waals surface area contributed by atoms with Crippen LogP contribution in [-0.4, -0.2) is 32.4 Å². The van der Waals surface area contributed by atoms with Crippen molar-refractivity contribution in [3.8, 4) is 29.6 Å². The van der Waals surface area contributed by atoms with Crippen LogP contribution in [0.3, 0.4) is 0 Å². The van der Waals surface area contributed by atoms with Gasteiger partial charge >= 0.3 is 0 Å². The minimum Gasteiger partial charge on any atom is -0.493 e. The van der Waals surface area contributed by atoms with E-state index in [0.29, 0.717) is 29.4 Å². The van der Waals surface area contributed by atoms with Gasteiger partial charge in [0.1, 0.15) is 12.4 Å². The molecule has 0 radical (unpaired) electrons. The number of terminal acetylenes is 1. The molecule has 1 N–H and O–H groups in total. The van der Waals surface area contributed by atoms with E-state index in [1.165, 1.54) is 13.3 Å². The Morgan fingerprint density at radius 1 is 1.19 bits per heavy atom. The number of rotatable bonds is 8. The van der Waals surface area contributed by atoms with Crippen molar-refractivity contribution in [2.24, 2.45) is 5.10 Å². The molecule has 0 atom stereocenters. The van der Waals surface area contributed by atoms with Crippen molar-refractivity contribution < 1.29 is 19.0 Å². The quantitative estimate of drug-likeness (QED) is 0.451. The molecule has 0 aliphatic carbocycles. The summed E-state index contributed by atoms with van der Waals surface area (Å²) in [5, 5.41) is 3.95. The molecule has 0 aliphatic rings. The lowest BCUT2D eigenvalue weighted by atomic mass is 10.2. The smallest absolute Gasteiger partial charge is 0.271 e. The van der Waals surface area contributed by atoms with E-state index in [9.17, 15) is 4.79 Å². The zero-order valence-electron chi connectivity index (χ0n) is 14.7. The average molecular weight is 352 g/mol. The fourth-order valence-corrected chi connectivity index (χ4v) is 2.09. The number of hydrogen-bond acceptors (Lipinski definition) is 5. The van der Waals surface area contributed by atoms with Crippen LogP contribution in [0.5, 0.6) is 17.2 Å². The van der Waals surface area contributed by atoms with Crippen molar-refractivity contribution in [2.45, 2.75) is 6.92 Å². The number of hydrogen-bond donors (Lipinski definition) is 1. The van der Waals surface area contributed by atoms with Crippen LogP contribution >= 0.6 is 0 Å². The highest BCUT2D eigenvalue weighted by Gasteiger charge is 2.10. The second kappa shape index (κ2) is 9.74. The second-order valence-electron chi connectivity index (χ2n) is 5.06. The Balaban J connectivity index is 1.97. The van der Waals surface area contributed by atoms with Gasteiger partial charge in [-0.05, 0) is 55.0 Å². The molecular weight excluding hydrogens is 332 g/mol. The number of nitrogens with one attached hydrogen (secondary N) is 1. The molecule has 0 heterocycles. The van der Waals surface area contributed by atoms with Crippen LogP contribution < -0.4 is 19.6 Å². The van der Waals surface area contributed by atoms with E-state index >= 15 is 0 Å². The summed E-state index contributed by atoms with van der Waals surface area (Å²) in [5.41, 5.74) is 3.70. The number of ether oxygens (including phenoxy) is 3. The molecule has 134 valence electrons. The second-order valence-corrected chi connectivity index (χ2v) is 5.06. The van der Waals surface area contributed by atoms with Crippen molar-refractivity contribution >= 4 is 12.1 Å². The molecule has 6 nitrogen and oxygen atoms in total. The lowest BCUT2D eigenvalue weighted by Gasteiger charge is -2.10. The molecule has 0 saturated carbocycles. The van der Waals surface area contributed by atoms with Crippen molar-refractivity contribution in [3.05, 3.63) is 53.6 Å². The molecule has 0 aliphatic heterocycles. The van der Waals surface area contributed by atoms with Gasteiger partial charge in [-0.2, -0.15) is 5.10 Å². The highest BCUT2D eigenvalue weighted by atomic mass is 16.5. The van der Waals surface area contributed by atoms with Crippen LogP contribution in [0.1, 0.15) is 22.8 Å². The maximum absolute atomic E-state index is 12.2. The number of carbonyl (C=O) groups excluding carboxylic acids is 1. The van der Waals surface area contributed by atoms with Gasteiger partial charge in [-0.25, -0.2) is 5.43 Å². The topological polar surface area (TPSA) is 69.2 Å². The highest BCUT2D eigenvalue weighted by molar-refractivity contribution is 5.95. The lowest BCUT2D eigenvalue weighted by molar-refractivity contribution is 0.0954. The summed E-state index contributed by atoms with van der Waals surface area (Å²) in [6.45, 7) is 2.61. The van der Waals surface area contributed by atoms with Gasteiger partial charge in [-0.15, -0.1) is 6.42 Å². The molecule has 0 fully saturated rings. The van der Waals surface area contributed by atoms with E-state index in [4.69, 9.17) is 20.6 Å². The first kappa shape index (κ1) is 18.9. The molecule has 0 unspecified atom stereocenters. The molecular formula is C20H20N2O4. The molecule has 0 spiro atoms. The van der Waals surface area contributed by atoms with E-state index in [1.54, 1.807) is 42.5 Å². The Kier molecular flexibility index (Phi) is 7.07. The van der Waals surface area contributed by atoms with Crippen LogP contribution in [0, 0.1) is 12.3 Å². The Labute approximate surface area is 152 Å². The van der Waals surface area contributed by atoms with Crippen LogP contribution in [0.4, 0.5) is 0 Å². The minimum absolute atomic E-state index is 0.217. The van der Waals surface area contributed by atoms with Crippen molar-refractivity contribution in [3.63, 3.8) is 0 Å². The summed E-state index contributed by atoms with van der Waals surface area (Å²) in [4.78, 5) is 12.2. The summed E-state index contributed by atoms with van der Waals surface area (Å²) in [7, 11) is 1.52. The molecule has 6 heteroatoms. The zero-order chi connectivity index (χ0) is 18.8. The van der Waals surface area contributed by atoms with Gasteiger partial charge < -0.3 is 14.2 Å². The van der Waals surface area contributed by atoms with Crippen LogP contribution in [0.15, 0.2) is 47.6 Å². The maximum atomic E-state index is 12.2. The van der Waals surface area contributed by atoms with Gasteiger partial charge in [0.05, 0.1) is 19.9 Å². The SMILES string of the molecule is C#CCOc1ccc(/C=N/NC(=O)c2ccc(OCC)c(OC)c2)cc1. The van der Waals surface area contributed by atoms with E-state index in [0.717, 1.165) is 5.56 Å². The molecule has 2 aromatic carbocycles. The standard InChI is InChI=1S/C20H20N2O4/c1-4-12-26-17-9-6-15(7-10-17)14-21-22-20(23)16-8-11-18(25-5-2)19(13-16)24-3/h1,6-11,13-14H,5,12H2,2-3H3,(H,22,23)/b21-14+. The lowest BCUT2D eigenvalue weighted by Crippen LogP contribution is -2.17. The number of amides is 1. The molecule has 1 amide bonds. The first-order valence-electron chi connectivity index (χ1n) is 7.98. The molecule has 2 aromatic rings. The number of benzene rings is 2.